The summed E-state index contributed by atoms with van der Waals surface area (Å²) in [4.78, 5) is 65.4. The lowest BCUT2D eigenvalue weighted by molar-refractivity contribution is -0.158. The Bertz CT molecular complexity index is 1860. The Morgan fingerprint density at radius 3 is 1.67 bits per heavy atom. The molecule has 54 heavy (non-hydrogen) atoms. The number of esters is 3. The molecular weight excluding hydrogens is 688 g/mol. The van der Waals surface area contributed by atoms with Gasteiger partial charge in [0.05, 0.1) is 0 Å². The van der Waals surface area contributed by atoms with Crippen LogP contribution in [-0.4, -0.2) is 54.2 Å². The van der Waals surface area contributed by atoms with Crippen molar-refractivity contribution < 1.29 is 42.9 Å². The zero-order chi connectivity index (χ0) is 38.5. The van der Waals surface area contributed by atoms with Crippen molar-refractivity contribution in [1.82, 2.24) is 10.6 Å². The molecule has 0 spiro atoms. The lowest BCUT2D eigenvalue weighted by Crippen LogP contribution is -2.46. The first-order chi connectivity index (χ1) is 26.0. The van der Waals surface area contributed by atoms with Gasteiger partial charge in [0.1, 0.15) is 37.5 Å². The first-order valence-electron chi connectivity index (χ1n) is 18.0. The number of fused-ring (bicyclic) bond motifs is 3. The highest BCUT2D eigenvalue weighted by Gasteiger charge is 2.32. The summed E-state index contributed by atoms with van der Waals surface area (Å²) in [6.07, 6.45) is -1.52. The highest BCUT2D eigenvalue weighted by atomic mass is 16.6. The Morgan fingerprint density at radius 2 is 1.09 bits per heavy atom. The maximum Gasteiger partial charge on any atom is 0.407 e. The van der Waals surface area contributed by atoms with Crippen LogP contribution in [0.5, 0.6) is 0 Å². The van der Waals surface area contributed by atoms with Gasteiger partial charge in [-0.25, -0.2) is 14.4 Å². The van der Waals surface area contributed by atoms with E-state index in [1.54, 1.807) is 32.9 Å². The number of carbonyl (C=O) groups excluding carboxylic acids is 5. The van der Waals surface area contributed by atoms with Crippen molar-refractivity contribution in [3.8, 4) is 11.1 Å². The molecule has 1 aliphatic rings. The van der Waals surface area contributed by atoms with Crippen LogP contribution >= 0.6 is 0 Å². The molecule has 1 aliphatic carbocycles. The Labute approximate surface area is 315 Å². The smallest absolute Gasteiger partial charge is 0.407 e. The predicted molar refractivity (Wildman–Crippen MR) is 201 cm³/mol. The van der Waals surface area contributed by atoms with E-state index in [4.69, 9.17) is 18.9 Å². The van der Waals surface area contributed by atoms with E-state index >= 15 is 0 Å². The number of hydrogen-bond donors (Lipinski definition) is 2. The highest BCUT2D eigenvalue weighted by molar-refractivity contribution is 5.86. The summed E-state index contributed by atoms with van der Waals surface area (Å²) in [6, 6.07) is 31.7. The number of ether oxygens (including phenoxy) is 4. The third kappa shape index (κ3) is 11.5. The van der Waals surface area contributed by atoms with Gasteiger partial charge in [-0.05, 0) is 67.0 Å². The third-order valence-corrected chi connectivity index (χ3v) is 8.71. The summed E-state index contributed by atoms with van der Waals surface area (Å²) in [6.45, 7) is 5.14. The Morgan fingerprint density at radius 1 is 0.593 bits per heavy atom. The Balaban J connectivity index is 1.19. The minimum absolute atomic E-state index is 0.0297. The molecule has 5 rings (SSSR count). The molecule has 0 fully saturated rings. The molecule has 4 aromatic carbocycles. The van der Waals surface area contributed by atoms with E-state index in [1.165, 1.54) is 0 Å². The van der Waals surface area contributed by atoms with Gasteiger partial charge in [0, 0.05) is 18.8 Å². The van der Waals surface area contributed by atoms with E-state index in [0.29, 0.717) is 0 Å². The van der Waals surface area contributed by atoms with Crippen molar-refractivity contribution in [2.45, 2.75) is 83.3 Å². The average molecular weight is 735 g/mol. The highest BCUT2D eigenvalue weighted by Crippen LogP contribution is 2.44. The van der Waals surface area contributed by atoms with Crippen molar-refractivity contribution in [2.24, 2.45) is 0 Å². The standard InChI is InChI=1S/C43H46N2O9/c1-43(2,3)54-41(49)37(45-42(50)53-28-35-33-20-12-10-18-31(33)32-19-11-13-21-34(32)35)22-24-38(46)44-36(40(48)52-27-30-16-8-5-9-17-30)23-25-39(47)51-26-29-14-6-4-7-15-29/h4-21,35-37H,22-28H2,1-3H3,(H,44,46)(H,45,50). The molecule has 0 saturated heterocycles. The molecule has 2 amide bonds. The van der Waals surface area contributed by atoms with Crippen LogP contribution in [0, 0.1) is 0 Å². The number of nitrogens with one attached hydrogen (secondary N) is 2. The molecule has 2 atom stereocenters. The molecule has 0 heterocycles. The van der Waals surface area contributed by atoms with Crippen molar-refractivity contribution >= 4 is 29.9 Å². The molecule has 0 aromatic heterocycles. The van der Waals surface area contributed by atoms with Crippen LogP contribution in [0.15, 0.2) is 109 Å². The van der Waals surface area contributed by atoms with Gasteiger partial charge in [0.25, 0.3) is 0 Å². The fourth-order valence-electron chi connectivity index (χ4n) is 6.10. The normalized spacial score (nSPS) is 13.0. The van der Waals surface area contributed by atoms with Gasteiger partial charge in [0.15, 0.2) is 0 Å². The van der Waals surface area contributed by atoms with E-state index < -0.39 is 47.6 Å². The summed E-state index contributed by atoms with van der Waals surface area (Å²) in [7, 11) is 0. The zero-order valence-electron chi connectivity index (χ0n) is 30.7. The first-order valence-corrected chi connectivity index (χ1v) is 18.0. The molecule has 0 radical (unpaired) electrons. The van der Waals surface area contributed by atoms with Crippen LogP contribution < -0.4 is 10.6 Å². The maximum absolute atomic E-state index is 13.3. The summed E-state index contributed by atoms with van der Waals surface area (Å²) in [5.41, 5.74) is 4.91. The van der Waals surface area contributed by atoms with E-state index in [0.717, 1.165) is 33.4 Å². The van der Waals surface area contributed by atoms with Crippen LogP contribution in [-0.2, 0) is 51.3 Å². The van der Waals surface area contributed by atoms with Crippen LogP contribution in [0.3, 0.4) is 0 Å². The quantitative estimate of drug-likeness (QED) is 0.0941. The number of rotatable bonds is 16. The SMILES string of the molecule is CC(C)(C)OC(=O)C(CCC(=O)NC(CCC(=O)OCc1ccccc1)C(=O)OCc1ccccc1)NC(=O)OCC1c2ccccc2-c2ccccc21. The fraction of sp³-hybridized carbons (Fsp3) is 0.326. The Hall–Kier alpha value is -5.97. The van der Waals surface area contributed by atoms with E-state index in [2.05, 4.69) is 10.6 Å². The number of alkyl carbamates (subject to hydrolysis) is 1. The molecular formula is C43H46N2O9. The van der Waals surface area contributed by atoms with Crippen LogP contribution in [0.1, 0.15) is 74.6 Å². The first kappa shape index (κ1) is 39.2. The number of carbonyl (C=O) groups is 5. The van der Waals surface area contributed by atoms with E-state index in [9.17, 15) is 24.0 Å². The molecule has 0 saturated carbocycles. The second kappa shape index (κ2) is 18.7. The number of amides is 2. The lowest BCUT2D eigenvalue weighted by atomic mass is 9.98. The predicted octanol–water partition coefficient (Wildman–Crippen LogP) is 6.77. The molecule has 0 bridgehead atoms. The van der Waals surface area contributed by atoms with Gasteiger partial charge in [-0.2, -0.15) is 0 Å². The number of benzene rings is 4. The second-order valence-electron chi connectivity index (χ2n) is 14.0. The van der Waals surface area contributed by atoms with Gasteiger partial charge in [-0.3, -0.25) is 9.59 Å². The summed E-state index contributed by atoms with van der Waals surface area (Å²) in [5.74, 6) is -2.82. The zero-order valence-corrected chi connectivity index (χ0v) is 30.7. The second-order valence-corrected chi connectivity index (χ2v) is 14.0. The minimum atomic E-state index is -1.23. The van der Waals surface area contributed by atoms with Gasteiger partial charge in [-0.15, -0.1) is 0 Å². The van der Waals surface area contributed by atoms with Crippen molar-refractivity contribution in [3.63, 3.8) is 0 Å². The largest absolute Gasteiger partial charge is 0.461 e. The van der Waals surface area contributed by atoms with Crippen LogP contribution in [0.25, 0.3) is 11.1 Å². The lowest BCUT2D eigenvalue weighted by Gasteiger charge is -2.25. The van der Waals surface area contributed by atoms with Crippen LogP contribution in [0.4, 0.5) is 4.79 Å². The minimum Gasteiger partial charge on any atom is -0.461 e. The fourth-order valence-corrected chi connectivity index (χ4v) is 6.10. The average Bonchev–Trinajstić information content (AvgIpc) is 3.49. The van der Waals surface area contributed by atoms with Crippen molar-refractivity contribution in [3.05, 3.63) is 131 Å². The molecule has 2 unspecified atom stereocenters. The van der Waals surface area contributed by atoms with Crippen molar-refractivity contribution in [1.29, 1.82) is 0 Å². The molecule has 11 heteroatoms. The summed E-state index contributed by atoms with van der Waals surface area (Å²) < 4.78 is 22.0. The molecule has 282 valence electrons. The van der Waals surface area contributed by atoms with E-state index in [1.807, 2.05) is 97.1 Å². The summed E-state index contributed by atoms with van der Waals surface area (Å²) >= 11 is 0. The van der Waals surface area contributed by atoms with Gasteiger partial charge < -0.3 is 29.6 Å². The molecule has 11 nitrogen and oxygen atoms in total. The summed E-state index contributed by atoms with van der Waals surface area (Å²) in [5, 5.41) is 5.22. The van der Waals surface area contributed by atoms with Gasteiger partial charge in [0.2, 0.25) is 5.91 Å². The maximum atomic E-state index is 13.3. The molecule has 0 aliphatic heterocycles. The third-order valence-electron chi connectivity index (χ3n) is 8.71. The number of hydrogen-bond acceptors (Lipinski definition) is 9. The van der Waals surface area contributed by atoms with Crippen molar-refractivity contribution in [2.75, 3.05) is 6.61 Å². The Kier molecular flexibility index (Phi) is 13.6. The van der Waals surface area contributed by atoms with E-state index in [-0.39, 0.29) is 51.4 Å². The monoisotopic (exact) mass is 734 g/mol. The van der Waals surface area contributed by atoms with Crippen LogP contribution in [0.2, 0.25) is 0 Å². The van der Waals surface area contributed by atoms with Gasteiger partial charge in [-0.1, -0.05) is 109 Å². The van der Waals surface area contributed by atoms with Gasteiger partial charge >= 0.3 is 24.0 Å². The topological polar surface area (TPSA) is 146 Å². The molecule has 4 aromatic rings. The molecule has 2 N–H and O–H groups in total.